The molecule has 2 aromatic rings. The highest BCUT2D eigenvalue weighted by molar-refractivity contribution is 6.42. The number of ether oxygens (including phenoxy) is 1. The van der Waals surface area contributed by atoms with Gasteiger partial charge >= 0.3 is 5.97 Å². The number of carbonyl (C=O) groups excluding carboxylic acids is 2. The van der Waals surface area contributed by atoms with Crippen LogP contribution in [-0.4, -0.2) is 18.5 Å². The Morgan fingerprint density at radius 2 is 1.80 bits per heavy atom. The fraction of sp³-hybridized carbons (Fsp3) is 0.111. The van der Waals surface area contributed by atoms with Crippen LogP contribution in [0.4, 0.5) is 4.39 Å². The minimum Gasteiger partial charge on any atom is -0.452 e. The number of halogens is 3. The Morgan fingerprint density at radius 1 is 1.08 bits per heavy atom. The molecular formula is C18H14Cl2FNO3. The lowest BCUT2D eigenvalue weighted by molar-refractivity contribution is -0.143. The van der Waals surface area contributed by atoms with E-state index in [2.05, 4.69) is 5.32 Å². The summed E-state index contributed by atoms with van der Waals surface area (Å²) in [6, 6.07) is 10.6. The Hall–Kier alpha value is -2.37. The fourth-order valence-electron chi connectivity index (χ4n) is 1.82. The maximum Gasteiger partial charge on any atom is 0.331 e. The van der Waals surface area contributed by atoms with Crippen molar-refractivity contribution in [2.75, 3.05) is 6.61 Å². The van der Waals surface area contributed by atoms with Crippen molar-refractivity contribution in [1.82, 2.24) is 5.32 Å². The van der Waals surface area contributed by atoms with E-state index in [1.165, 1.54) is 24.3 Å². The number of rotatable bonds is 6. The summed E-state index contributed by atoms with van der Waals surface area (Å²) in [5.41, 5.74) is 1.41. The lowest BCUT2D eigenvalue weighted by atomic mass is 10.2. The second-order valence-electron chi connectivity index (χ2n) is 5.02. The summed E-state index contributed by atoms with van der Waals surface area (Å²) in [7, 11) is 0. The molecule has 0 heterocycles. The van der Waals surface area contributed by atoms with E-state index in [9.17, 15) is 14.0 Å². The van der Waals surface area contributed by atoms with Crippen molar-refractivity contribution < 1.29 is 18.7 Å². The number of nitrogens with one attached hydrogen (secondary N) is 1. The molecule has 0 aliphatic carbocycles. The number of hydrogen-bond donors (Lipinski definition) is 1. The van der Waals surface area contributed by atoms with E-state index in [1.54, 1.807) is 30.3 Å². The van der Waals surface area contributed by atoms with E-state index in [0.717, 1.165) is 5.56 Å². The van der Waals surface area contributed by atoms with E-state index in [4.69, 9.17) is 27.9 Å². The molecule has 0 aliphatic rings. The van der Waals surface area contributed by atoms with Crippen LogP contribution in [-0.2, 0) is 20.9 Å². The van der Waals surface area contributed by atoms with Crippen molar-refractivity contribution >= 4 is 41.2 Å². The van der Waals surface area contributed by atoms with Gasteiger partial charge in [-0.3, -0.25) is 4.79 Å². The van der Waals surface area contributed by atoms with E-state index in [1.807, 2.05) is 0 Å². The van der Waals surface area contributed by atoms with Gasteiger partial charge in [0.1, 0.15) is 5.82 Å². The van der Waals surface area contributed by atoms with Gasteiger partial charge in [-0.1, -0.05) is 41.4 Å². The van der Waals surface area contributed by atoms with Gasteiger partial charge in [0.05, 0.1) is 10.0 Å². The van der Waals surface area contributed by atoms with Gasteiger partial charge in [0.15, 0.2) is 6.61 Å². The minimum absolute atomic E-state index is 0.218. The molecule has 1 amide bonds. The summed E-state index contributed by atoms with van der Waals surface area (Å²) in [5, 5.41) is 3.35. The Bertz CT molecular complexity index is 791. The van der Waals surface area contributed by atoms with Gasteiger partial charge in [0.25, 0.3) is 5.91 Å². The predicted octanol–water partition coefficient (Wildman–Crippen LogP) is 4.01. The van der Waals surface area contributed by atoms with Crippen LogP contribution in [0.1, 0.15) is 11.1 Å². The Balaban J connectivity index is 1.75. The average Bonchev–Trinajstić information content (AvgIpc) is 2.60. The van der Waals surface area contributed by atoms with Crippen molar-refractivity contribution in [2.24, 2.45) is 0 Å². The van der Waals surface area contributed by atoms with E-state index >= 15 is 0 Å². The van der Waals surface area contributed by atoms with Gasteiger partial charge in [-0.2, -0.15) is 0 Å². The highest BCUT2D eigenvalue weighted by atomic mass is 35.5. The van der Waals surface area contributed by atoms with Crippen molar-refractivity contribution in [1.29, 1.82) is 0 Å². The summed E-state index contributed by atoms with van der Waals surface area (Å²) < 4.78 is 17.6. The molecule has 0 aliphatic heterocycles. The maximum atomic E-state index is 12.8. The number of benzene rings is 2. The normalized spacial score (nSPS) is 10.7. The molecule has 4 nitrogen and oxygen atoms in total. The van der Waals surface area contributed by atoms with Gasteiger partial charge in [-0.25, -0.2) is 9.18 Å². The van der Waals surface area contributed by atoms with Crippen LogP contribution in [0, 0.1) is 5.82 Å². The fourth-order valence-corrected chi connectivity index (χ4v) is 2.13. The lowest BCUT2D eigenvalue weighted by Crippen LogP contribution is -2.28. The molecule has 0 spiro atoms. The largest absolute Gasteiger partial charge is 0.452 e. The highest BCUT2D eigenvalue weighted by Gasteiger charge is 2.05. The molecule has 0 atom stereocenters. The van der Waals surface area contributed by atoms with Gasteiger partial charge < -0.3 is 10.1 Å². The van der Waals surface area contributed by atoms with Crippen LogP contribution < -0.4 is 5.32 Å². The quantitative estimate of drug-likeness (QED) is 0.607. The first-order chi connectivity index (χ1) is 11.9. The molecule has 0 radical (unpaired) electrons. The molecular weight excluding hydrogens is 368 g/mol. The van der Waals surface area contributed by atoms with Crippen LogP contribution in [0.15, 0.2) is 48.5 Å². The molecule has 1 N–H and O–H groups in total. The molecule has 0 saturated carbocycles. The van der Waals surface area contributed by atoms with Crippen LogP contribution in [0.5, 0.6) is 0 Å². The Morgan fingerprint density at radius 3 is 2.48 bits per heavy atom. The standard InChI is InChI=1S/C18H14Cl2FNO3/c19-15-7-3-12(9-16(15)20)4-8-18(24)25-11-17(23)22-10-13-1-5-14(21)6-2-13/h1-9H,10-11H2,(H,22,23)/b8-4+. The molecule has 2 aromatic carbocycles. The number of carbonyl (C=O) groups is 2. The third kappa shape index (κ3) is 6.57. The first-order valence-electron chi connectivity index (χ1n) is 7.25. The summed E-state index contributed by atoms with van der Waals surface area (Å²) in [6.07, 6.45) is 2.69. The number of amides is 1. The van der Waals surface area contributed by atoms with Crippen LogP contribution in [0.3, 0.4) is 0 Å². The van der Waals surface area contributed by atoms with Crippen molar-refractivity contribution in [2.45, 2.75) is 6.54 Å². The monoisotopic (exact) mass is 381 g/mol. The predicted molar refractivity (Wildman–Crippen MR) is 94.7 cm³/mol. The zero-order valence-electron chi connectivity index (χ0n) is 13.0. The second-order valence-corrected chi connectivity index (χ2v) is 5.83. The Kier molecular flexibility index (Phi) is 6.98. The first-order valence-corrected chi connectivity index (χ1v) is 8.00. The molecule has 0 aromatic heterocycles. The SMILES string of the molecule is O=C(COC(=O)/C=C/c1ccc(Cl)c(Cl)c1)NCc1ccc(F)cc1. The van der Waals surface area contributed by atoms with Gasteiger partial charge in [0, 0.05) is 12.6 Å². The summed E-state index contributed by atoms with van der Waals surface area (Å²) in [4.78, 5) is 23.2. The Labute approximate surface area is 154 Å². The number of esters is 1. The molecule has 7 heteroatoms. The molecule has 0 bridgehead atoms. The third-order valence-electron chi connectivity index (χ3n) is 3.10. The molecule has 25 heavy (non-hydrogen) atoms. The summed E-state index contributed by atoms with van der Waals surface area (Å²) in [6.45, 7) is -0.193. The molecule has 0 fully saturated rings. The van der Waals surface area contributed by atoms with Gasteiger partial charge in [-0.15, -0.1) is 0 Å². The molecule has 0 unspecified atom stereocenters. The van der Waals surface area contributed by atoms with Gasteiger partial charge in [0.2, 0.25) is 0 Å². The zero-order chi connectivity index (χ0) is 18.2. The van der Waals surface area contributed by atoms with E-state index < -0.39 is 18.5 Å². The average molecular weight is 382 g/mol. The smallest absolute Gasteiger partial charge is 0.331 e. The van der Waals surface area contributed by atoms with Crippen LogP contribution >= 0.6 is 23.2 Å². The van der Waals surface area contributed by atoms with Crippen molar-refractivity contribution in [3.8, 4) is 0 Å². The highest BCUT2D eigenvalue weighted by Crippen LogP contribution is 2.23. The molecule has 0 saturated heterocycles. The third-order valence-corrected chi connectivity index (χ3v) is 3.84. The maximum absolute atomic E-state index is 12.8. The van der Waals surface area contributed by atoms with Crippen molar-refractivity contribution in [3.05, 3.63) is 75.5 Å². The van der Waals surface area contributed by atoms with Gasteiger partial charge in [-0.05, 0) is 41.5 Å². The topological polar surface area (TPSA) is 55.4 Å². The first kappa shape index (κ1) is 19.0. The lowest BCUT2D eigenvalue weighted by Gasteiger charge is -2.05. The van der Waals surface area contributed by atoms with Crippen LogP contribution in [0.25, 0.3) is 6.08 Å². The summed E-state index contributed by atoms with van der Waals surface area (Å²) >= 11 is 11.7. The number of hydrogen-bond acceptors (Lipinski definition) is 3. The zero-order valence-corrected chi connectivity index (χ0v) is 14.5. The van der Waals surface area contributed by atoms with E-state index in [0.29, 0.717) is 15.6 Å². The van der Waals surface area contributed by atoms with Crippen molar-refractivity contribution in [3.63, 3.8) is 0 Å². The van der Waals surface area contributed by atoms with E-state index in [-0.39, 0.29) is 12.4 Å². The molecule has 130 valence electrons. The minimum atomic E-state index is -0.664. The summed E-state index contributed by atoms with van der Waals surface area (Å²) in [5.74, 6) is -1.47. The van der Waals surface area contributed by atoms with Crippen LogP contribution in [0.2, 0.25) is 10.0 Å². The second kappa shape index (κ2) is 9.20. The molecule has 2 rings (SSSR count).